The number of nitrogens with zero attached hydrogens (tertiary/aromatic N) is 2. The first-order chi connectivity index (χ1) is 11.7. The molecular weight excluding hydrogens is 304 g/mol. The third-order valence-corrected chi connectivity index (χ3v) is 3.82. The average Bonchev–Trinajstić information content (AvgIpc) is 2.96. The fourth-order valence-corrected chi connectivity index (χ4v) is 2.55. The Morgan fingerprint density at radius 1 is 1.00 bits per heavy atom. The zero-order valence-corrected chi connectivity index (χ0v) is 13.3. The normalized spacial score (nSPS) is 10.5. The number of amides is 2. The molecule has 0 aliphatic heterocycles. The van der Waals surface area contributed by atoms with E-state index in [9.17, 15) is 9.59 Å². The van der Waals surface area contributed by atoms with E-state index in [0.717, 1.165) is 10.9 Å². The van der Waals surface area contributed by atoms with Crippen LogP contribution in [0.2, 0.25) is 0 Å². The number of nitrogens with one attached hydrogen (secondary N) is 2. The van der Waals surface area contributed by atoms with Crippen molar-refractivity contribution in [3.8, 4) is 0 Å². The van der Waals surface area contributed by atoms with Gasteiger partial charge in [-0.2, -0.15) is 0 Å². The predicted molar refractivity (Wildman–Crippen MR) is 91.8 cm³/mol. The fraction of sp³-hybridized carbons (Fsp3) is 0.167. The first-order valence-electron chi connectivity index (χ1n) is 7.67. The van der Waals surface area contributed by atoms with Crippen molar-refractivity contribution in [2.75, 3.05) is 13.1 Å². The average molecular weight is 322 g/mol. The van der Waals surface area contributed by atoms with Gasteiger partial charge in [-0.15, -0.1) is 0 Å². The molecule has 6 nitrogen and oxygen atoms in total. The monoisotopic (exact) mass is 322 g/mol. The summed E-state index contributed by atoms with van der Waals surface area (Å²) in [6.45, 7) is 0.716. The Balaban J connectivity index is 1.54. The molecule has 3 rings (SSSR count). The molecule has 0 radical (unpaired) electrons. The van der Waals surface area contributed by atoms with Gasteiger partial charge in [-0.1, -0.05) is 18.2 Å². The molecule has 0 fully saturated rings. The SMILES string of the molecule is Cn1c(C(=O)NCCNC(=O)c2ccncc2)cc2ccccc21. The Labute approximate surface area is 139 Å². The second-order valence-corrected chi connectivity index (χ2v) is 5.40. The van der Waals surface area contributed by atoms with E-state index in [4.69, 9.17) is 0 Å². The van der Waals surface area contributed by atoms with Gasteiger partial charge in [0.25, 0.3) is 11.8 Å². The lowest BCUT2D eigenvalue weighted by atomic mass is 10.2. The summed E-state index contributed by atoms with van der Waals surface area (Å²) in [5.41, 5.74) is 2.15. The van der Waals surface area contributed by atoms with Crippen molar-refractivity contribution in [3.05, 3.63) is 66.1 Å². The van der Waals surface area contributed by atoms with Gasteiger partial charge in [0.1, 0.15) is 5.69 Å². The maximum Gasteiger partial charge on any atom is 0.267 e. The highest BCUT2D eigenvalue weighted by molar-refractivity contribution is 5.98. The molecule has 2 amide bonds. The van der Waals surface area contributed by atoms with E-state index < -0.39 is 0 Å². The summed E-state index contributed by atoms with van der Waals surface area (Å²) in [5.74, 6) is -0.344. The van der Waals surface area contributed by atoms with E-state index in [0.29, 0.717) is 24.3 Å². The standard InChI is InChI=1S/C18H18N4O2/c1-22-15-5-3-2-4-14(15)12-16(22)18(24)21-11-10-20-17(23)13-6-8-19-9-7-13/h2-9,12H,10-11H2,1H3,(H,20,23)(H,21,24). The molecule has 0 spiro atoms. The van der Waals surface area contributed by atoms with Crippen LogP contribution in [-0.2, 0) is 7.05 Å². The van der Waals surface area contributed by atoms with Crippen molar-refractivity contribution < 1.29 is 9.59 Å². The number of pyridine rings is 1. The number of carbonyl (C=O) groups is 2. The molecule has 0 aliphatic rings. The van der Waals surface area contributed by atoms with Crippen LogP contribution in [0.5, 0.6) is 0 Å². The zero-order valence-electron chi connectivity index (χ0n) is 13.3. The van der Waals surface area contributed by atoms with Crippen LogP contribution < -0.4 is 10.6 Å². The van der Waals surface area contributed by atoms with Crippen molar-refractivity contribution in [1.29, 1.82) is 0 Å². The molecule has 2 aromatic heterocycles. The first-order valence-corrected chi connectivity index (χ1v) is 7.67. The van der Waals surface area contributed by atoms with Gasteiger partial charge < -0.3 is 15.2 Å². The summed E-state index contributed by atoms with van der Waals surface area (Å²) in [7, 11) is 1.86. The molecule has 1 aromatic carbocycles. The van der Waals surface area contributed by atoms with Crippen LogP contribution in [0.4, 0.5) is 0 Å². The number of rotatable bonds is 5. The molecular formula is C18H18N4O2. The van der Waals surface area contributed by atoms with E-state index in [2.05, 4.69) is 15.6 Å². The van der Waals surface area contributed by atoms with Gasteiger partial charge in [-0.3, -0.25) is 14.6 Å². The Hall–Kier alpha value is -3.15. The van der Waals surface area contributed by atoms with Gasteiger partial charge in [0, 0.05) is 49.0 Å². The third-order valence-electron chi connectivity index (χ3n) is 3.82. The van der Waals surface area contributed by atoms with E-state index >= 15 is 0 Å². The summed E-state index contributed by atoms with van der Waals surface area (Å²) < 4.78 is 1.86. The van der Waals surface area contributed by atoms with Crippen LogP contribution in [-0.4, -0.2) is 34.5 Å². The van der Waals surface area contributed by atoms with Crippen LogP contribution in [0.3, 0.4) is 0 Å². The van der Waals surface area contributed by atoms with Crippen molar-refractivity contribution in [2.24, 2.45) is 7.05 Å². The van der Waals surface area contributed by atoms with Gasteiger partial charge in [-0.25, -0.2) is 0 Å². The Morgan fingerprint density at radius 3 is 2.38 bits per heavy atom. The van der Waals surface area contributed by atoms with Crippen molar-refractivity contribution >= 4 is 22.7 Å². The topological polar surface area (TPSA) is 76.0 Å². The Bertz CT molecular complexity index is 871. The van der Waals surface area contributed by atoms with E-state index in [1.165, 1.54) is 0 Å². The molecule has 3 aromatic rings. The van der Waals surface area contributed by atoms with Crippen LogP contribution in [0.25, 0.3) is 10.9 Å². The third kappa shape index (κ3) is 3.27. The summed E-state index contributed by atoms with van der Waals surface area (Å²) in [5, 5.41) is 6.60. The minimum absolute atomic E-state index is 0.160. The number of fused-ring (bicyclic) bond motifs is 1. The number of para-hydroxylation sites is 1. The van der Waals surface area contributed by atoms with Crippen LogP contribution in [0.1, 0.15) is 20.8 Å². The molecule has 0 aliphatic carbocycles. The molecule has 0 saturated carbocycles. The molecule has 0 unspecified atom stereocenters. The molecule has 0 saturated heterocycles. The number of aromatic nitrogens is 2. The second kappa shape index (κ2) is 6.95. The molecule has 2 N–H and O–H groups in total. The minimum atomic E-state index is -0.184. The predicted octanol–water partition coefficient (Wildman–Crippen LogP) is 1.73. The number of benzene rings is 1. The summed E-state index contributed by atoms with van der Waals surface area (Å²) in [4.78, 5) is 28.0. The molecule has 2 heterocycles. The summed E-state index contributed by atoms with van der Waals surface area (Å²) in [6, 6.07) is 13.0. The smallest absolute Gasteiger partial charge is 0.267 e. The quantitative estimate of drug-likeness (QED) is 0.703. The van der Waals surface area contributed by atoms with Gasteiger partial charge in [-0.05, 0) is 24.3 Å². The highest BCUT2D eigenvalue weighted by Crippen LogP contribution is 2.17. The molecule has 24 heavy (non-hydrogen) atoms. The van der Waals surface area contributed by atoms with Crippen LogP contribution in [0, 0.1) is 0 Å². The van der Waals surface area contributed by atoms with Crippen molar-refractivity contribution in [1.82, 2.24) is 20.2 Å². The van der Waals surface area contributed by atoms with Crippen LogP contribution in [0.15, 0.2) is 54.9 Å². The van der Waals surface area contributed by atoms with E-state index in [-0.39, 0.29) is 11.8 Å². The highest BCUT2D eigenvalue weighted by atomic mass is 16.2. The summed E-state index contributed by atoms with van der Waals surface area (Å²) >= 11 is 0. The van der Waals surface area contributed by atoms with Crippen LogP contribution >= 0.6 is 0 Å². The Kier molecular flexibility index (Phi) is 4.56. The van der Waals surface area contributed by atoms with Crippen molar-refractivity contribution in [2.45, 2.75) is 0 Å². The number of hydrogen-bond acceptors (Lipinski definition) is 3. The van der Waals surface area contributed by atoms with Crippen molar-refractivity contribution in [3.63, 3.8) is 0 Å². The lowest BCUT2D eigenvalue weighted by Gasteiger charge is -2.08. The molecule has 122 valence electrons. The van der Waals surface area contributed by atoms with Gasteiger partial charge in [0.2, 0.25) is 0 Å². The highest BCUT2D eigenvalue weighted by Gasteiger charge is 2.12. The lowest BCUT2D eigenvalue weighted by Crippen LogP contribution is -2.35. The van der Waals surface area contributed by atoms with E-state index in [1.54, 1.807) is 24.5 Å². The lowest BCUT2D eigenvalue weighted by molar-refractivity contribution is 0.0923. The van der Waals surface area contributed by atoms with E-state index in [1.807, 2.05) is 41.9 Å². The number of carbonyl (C=O) groups excluding carboxylic acids is 2. The van der Waals surface area contributed by atoms with Gasteiger partial charge in [0.15, 0.2) is 0 Å². The molecule has 0 atom stereocenters. The zero-order chi connectivity index (χ0) is 16.9. The molecule has 6 heteroatoms. The van der Waals surface area contributed by atoms with Gasteiger partial charge in [0.05, 0.1) is 0 Å². The summed E-state index contributed by atoms with van der Waals surface area (Å²) in [6.07, 6.45) is 3.13. The maximum atomic E-state index is 12.3. The van der Waals surface area contributed by atoms with Gasteiger partial charge >= 0.3 is 0 Å². The Morgan fingerprint density at radius 2 is 1.67 bits per heavy atom. The largest absolute Gasteiger partial charge is 0.350 e. The minimum Gasteiger partial charge on any atom is -0.350 e. The first kappa shape index (κ1) is 15.7. The number of hydrogen-bond donors (Lipinski definition) is 2. The molecule has 0 bridgehead atoms. The maximum absolute atomic E-state index is 12.3. The number of aryl methyl sites for hydroxylation is 1. The second-order valence-electron chi connectivity index (χ2n) is 5.40. The fourth-order valence-electron chi connectivity index (χ4n) is 2.55.